The average molecular weight is 387 g/mol. The fourth-order valence-corrected chi connectivity index (χ4v) is 4.14. The second-order valence-electron chi connectivity index (χ2n) is 7.19. The van der Waals surface area contributed by atoms with E-state index in [1.54, 1.807) is 36.4 Å². The fraction of sp³-hybridized carbons (Fsp3) is 0.286. The maximum Gasteiger partial charge on any atom is 0.175 e. The van der Waals surface area contributed by atoms with Crippen molar-refractivity contribution in [1.29, 1.82) is 0 Å². The zero-order valence-corrected chi connectivity index (χ0v) is 16.4. The second-order valence-corrected chi connectivity index (χ2v) is 9.20. The highest BCUT2D eigenvalue weighted by molar-refractivity contribution is 7.90. The summed E-state index contributed by atoms with van der Waals surface area (Å²) in [7, 11) is 0.530. The predicted octanol–water partition coefficient (Wildman–Crippen LogP) is 3.29. The Morgan fingerprint density at radius 3 is 2.30 bits per heavy atom. The van der Waals surface area contributed by atoms with E-state index in [1.807, 2.05) is 19.0 Å². The molecule has 0 N–H and O–H groups in total. The van der Waals surface area contributed by atoms with Gasteiger partial charge in [0.15, 0.2) is 15.6 Å². The molecule has 0 amide bonds. The summed E-state index contributed by atoms with van der Waals surface area (Å²) in [6, 6.07) is 12.6. The van der Waals surface area contributed by atoms with Crippen LogP contribution in [0.4, 0.5) is 4.39 Å². The highest BCUT2D eigenvalue weighted by Crippen LogP contribution is 2.41. The van der Waals surface area contributed by atoms with Gasteiger partial charge < -0.3 is 4.90 Å². The molecule has 1 unspecified atom stereocenters. The van der Waals surface area contributed by atoms with Crippen LogP contribution >= 0.6 is 0 Å². The summed E-state index contributed by atoms with van der Waals surface area (Å²) in [5.74, 6) is -0.602. The first-order chi connectivity index (χ1) is 12.7. The van der Waals surface area contributed by atoms with Crippen LogP contribution in [0.3, 0.4) is 0 Å². The third kappa shape index (κ3) is 4.17. The van der Waals surface area contributed by atoms with E-state index in [1.165, 1.54) is 12.1 Å². The molecular weight excluding hydrogens is 365 g/mol. The van der Waals surface area contributed by atoms with Gasteiger partial charge in [0, 0.05) is 24.3 Å². The van der Waals surface area contributed by atoms with Crippen LogP contribution in [-0.4, -0.2) is 46.0 Å². The molecule has 0 saturated carbocycles. The van der Waals surface area contributed by atoms with Crippen LogP contribution in [-0.2, 0) is 14.6 Å². The number of carbonyl (C=O) groups is 1. The van der Waals surface area contributed by atoms with E-state index in [2.05, 4.69) is 0 Å². The molecule has 0 heterocycles. The van der Waals surface area contributed by atoms with Gasteiger partial charge >= 0.3 is 0 Å². The minimum absolute atomic E-state index is 0.00325. The summed E-state index contributed by atoms with van der Waals surface area (Å²) in [6.45, 7) is 0.600. The summed E-state index contributed by atoms with van der Waals surface area (Å²) in [5, 5.41) is 0. The Morgan fingerprint density at radius 1 is 1.07 bits per heavy atom. The number of ketones is 1. The van der Waals surface area contributed by atoms with Crippen LogP contribution in [0, 0.1) is 11.7 Å². The van der Waals surface area contributed by atoms with Gasteiger partial charge in [-0.15, -0.1) is 0 Å². The number of hydrogen-bond acceptors (Lipinski definition) is 4. The standard InChI is InChI=1S/C21H22FNO3S/c1-23(2)13-16-12-19(14-7-9-18(10-8-14)27(3,25)26)20(21(16)24)15-5-4-6-17(22)11-15/h4-11,16H,12-13H2,1-3H3. The quantitative estimate of drug-likeness (QED) is 0.790. The maximum atomic E-state index is 13.8. The largest absolute Gasteiger partial charge is 0.309 e. The molecule has 4 nitrogen and oxygen atoms in total. The summed E-state index contributed by atoms with van der Waals surface area (Å²) >= 11 is 0. The van der Waals surface area contributed by atoms with Crippen LogP contribution in [0.2, 0.25) is 0 Å². The number of hydrogen-bond donors (Lipinski definition) is 0. The molecule has 0 bridgehead atoms. The van der Waals surface area contributed by atoms with Crippen LogP contribution in [0.1, 0.15) is 17.5 Å². The first kappa shape index (κ1) is 19.5. The Morgan fingerprint density at radius 2 is 1.74 bits per heavy atom. The van der Waals surface area contributed by atoms with Gasteiger partial charge in [-0.1, -0.05) is 24.3 Å². The third-order valence-corrected chi connectivity index (χ3v) is 5.83. The molecule has 0 aromatic heterocycles. The van der Waals surface area contributed by atoms with Gasteiger partial charge in [0.25, 0.3) is 0 Å². The second kappa shape index (κ2) is 7.37. The molecule has 27 heavy (non-hydrogen) atoms. The first-order valence-corrected chi connectivity index (χ1v) is 10.5. The third-order valence-electron chi connectivity index (χ3n) is 4.70. The van der Waals surface area contributed by atoms with Gasteiger partial charge in [0.05, 0.1) is 4.90 Å². The highest BCUT2D eigenvalue weighted by Gasteiger charge is 2.34. The number of carbonyl (C=O) groups excluding carboxylic acids is 1. The number of rotatable bonds is 5. The molecule has 0 aliphatic heterocycles. The van der Waals surface area contributed by atoms with E-state index >= 15 is 0 Å². The van der Waals surface area contributed by atoms with Crippen LogP contribution in [0.25, 0.3) is 11.1 Å². The van der Waals surface area contributed by atoms with Crippen molar-refractivity contribution in [2.45, 2.75) is 11.3 Å². The van der Waals surface area contributed by atoms with Crippen molar-refractivity contribution in [3.05, 3.63) is 65.5 Å². The number of allylic oxidation sites excluding steroid dienone is 2. The van der Waals surface area contributed by atoms with Crippen molar-refractivity contribution < 1.29 is 17.6 Å². The van der Waals surface area contributed by atoms with Gasteiger partial charge in [-0.3, -0.25) is 4.79 Å². The number of nitrogens with zero attached hydrogens (tertiary/aromatic N) is 1. The number of Topliss-reactive ketones (excluding diaryl/α,β-unsaturated/α-hetero) is 1. The summed E-state index contributed by atoms with van der Waals surface area (Å²) < 4.78 is 37.2. The van der Waals surface area contributed by atoms with Gasteiger partial charge in [0.1, 0.15) is 5.82 Å². The molecule has 1 atom stereocenters. The summed E-state index contributed by atoms with van der Waals surface area (Å²) in [6.07, 6.45) is 1.70. The van der Waals surface area contributed by atoms with Gasteiger partial charge in [-0.2, -0.15) is 0 Å². The fourth-order valence-electron chi connectivity index (χ4n) is 3.51. The molecule has 0 saturated heterocycles. The van der Waals surface area contributed by atoms with Crippen molar-refractivity contribution in [1.82, 2.24) is 4.90 Å². The lowest BCUT2D eigenvalue weighted by atomic mass is 9.96. The van der Waals surface area contributed by atoms with Crippen molar-refractivity contribution in [2.24, 2.45) is 5.92 Å². The molecule has 1 aliphatic carbocycles. The number of halogens is 1. The SMILES string of the molecule is CN(C)CC1CC(c2ccc(S(C)(=O)=O)cc2)=C(c2cccc(F)c2)C1=O. The lowest BCUT2D eigenvalue weighted by Crippen LogP contribution is -2.25. The molecule has 142 valence electrons. The van der Waals surface area contributed by atoms with Gasteiger partial charge in [-0.05, 0) is 61.5 Å². The topological polar surface area (TPSA) is 54.5 Å². The molecule has 2 aromatic carbocycles. The Kier molecular flexibility index (Phi) is 5.31. The lowest BCUT2D eigenvalue weighted by Gasteiger charge is -2.15. The minimum Gasteiger partial charge on any atom is -0.309 e. The van der Waals surface area contributed by atoms with E-state index < -0.39 is 15.7 Å². The monoisotopic (exact) mass is 387 g/mol. The smallest absolute Gasteiger partial charge is 0.175 e. The molecule has 0 radical (unpaired) electrons. The minimum atomic E-state index is -3.29. The first-order valence-electron chi connectivity index (χ1n) is 8.65. The van der Waals surface area contributed by atoms with Gasteiger partial charge in [0.2, 0.25) is 0 Å². The zero-order valence-electron chi connectivity index (χ0n) is 15.6. The van der Waals surface area contributed by atoms with Crippen LogP contribution < -0.4 is 0 Å². The van der Waals surface area contributed by atoms with Crippen molar-refractivity contribution in [3.8, 4) is 0 Å². The number of benzene rings is 2. The van der Waals surface area contributed by atoms with E-state index in [-0.39, 0.29) is 16.6 Å². The molecule has 3 rings (SSSR count). The normalized spacial score (nSPS) is 17.8. The molecule has 1 aliphatic rings. The van der Waals surface area contributed by atoms with Crippen LogP contribution in [0.5, 0.6) is 0 Å². The van der Waals surface area contributed by atoms with E-state index in [9.17, 15) is 17.6 Å². The Hall–Kier alpha value is -2.31. The lowest BCUT2D eigenvalue weighted by molar-refractivity contribution is -0.117. The van der Waals surface area contributed by atoms with Crippen molar-refractivity contribution in [2.75, 3.05) is 26.9 Å². The summed E-state index contributed by atoms with van der Waals surface area (Å²) in [4.78, 5) is 15.2. The van der Waals surface area contributed by atoms with Gasteiger partial charge in [-0.25, -0.2) is 12.8 Å². The molecule has 6 heteroatoms. The molecule has 2 aromatic rings. The zero-order chi connectivity index (χ0) is 19.8. The van der Waals surface area contributed by atoms with Crippen molar-refractivity contribution in [3.63, 3.8) is 0 Å². The number of sulfone groups is 1. The maximum absolute atomic E-state index is 13.8. The van der Waals surface area contributed by atoms with E-state index in [4.69, 9.17) is 0 Å². The highest BCUT2D eigenvalue weighted by atomic mass is 32.2. The Labute approximate surface area is 159 Å². The predicted molar refractivity (Wildman–Crippen MR) is 104 cm³/mol. The molecular formula is C21H22FNO3S. The van der Waals surface area contributed by atoms with E-state index in [0.717, 1.165) is 17.4 Å². The Bertz CT molecular complexity index is 1010. The summed E-state index contributed by atoms with van der Waals surface area (Å²) in [5.41, 5.74) is 2.70. The Balaban J connectivity index is 2.10. The molecule has 0 spiro atoms. The molecule has 0 fully saturated rings. The van der Waals surface area contributed by atoms with Crippen LogP contribution in [0.15, 0.2) is 53.4 Å². The van der Waals surface area contributed by atoms with E-state index in [0.29, 0.717) is 24.1 Å². The van der Waals surface area contributed by atoms with Crippen molar-refractivity contribution >= 4 is 26.8 Å². The average Bonchev–Trinajstić information content (AvgIpc) is 2.90.